The monoisotopic (exact) mass is 470 g/mol. The molecule has 156 valence electrons. The maximum Gasteiger partial charge on any atom is 0.276 e. The molecular formula is C23H23BrN2O4. The average Bonchev–Trinajstić information content (AvgIpc) is 2.77. The fourth-order valence-corrected chi connectivity index (χ4v) is 3.34. The first-order chi connectivity index (χ1) is 14.5. The molecule has 7 heteroatoms. The van der Waals surface area contributed by atoms with Crippen LogP contribution in [0.3, 0.4) is 0 Å². The Morgan fingerprint density at radius 3 is 2.63 bits per heavy atom. The van der Waals surface area contributed by atoms with Gasteiger partial charge in [-0.3, -0.25) is 20.4 Å². The van der Waals surface area contributed by atoms with Gasteiger partial charge in [0, 0.05) is 5.56 Å². The molecule has 0 aliphatic rings. The molecule has 30 heavy (non-hydrogen) atoms. The summed E-state index contributed by atoms with van der Waals surface area (Å²) in [6.07, 6.45) is 0.911. The lowest BCUT2D eigenvalue weighted by atomic mass is 10.1. The zero-order valence-corrected chi connectivity index (χ0v) is 18.4. The Hall–Kier alpha value is -3.06. The van der Waals surface area contributed by atoms with Crippen LogP contribution >= 0.6 is 15.9 Å². The first kappa shape index (κ1) is 21.6. The summed E-state index contributed by atoms with van der Waals surface area (Å²) in [5.74, 6) is 0.234. The van der Waals surface area contributed by atoms with E-state index in [1.54, 1.807) is 30.3 Å². The Labute approximate surface area is 183 Å². The minimum atomic E-state index is -0.476. The lowest BCUT2D eigenvalue weighted by Crippen LogP contribution is -2.43. The zero-order chi connectivity index (χ0) is 21.5. The maximum atomic E-state index is 12.3. The number of nitrogens with one attached hydrogen (secondary N) is 2. The van der Waals surface area contributed by atoms with Gasteiger partial charge in [0.05, 0.1) is 10.6 Å². The highest BCUT2D eigenvalue weighted by Crippen LogP contribution is 2.32. The van der Waals surface area contributed by atoms with Crippen LogP contribution in [0.1, 0.15) is 30.6 Å². The van der Waals surface area contributed by atoms with E-state index in [4.69, 9.17) is 9.47 Å². The van der Waals surface area contributed by atoms with Crippen LogP contribution in [0.2, 0.25) is 0 Å². The van der Waals surface area contributed by atoms with E-state index in [1.807, 2.05) is 44.2 Å². The first-order valence-electron chi connectivity index (χ1n) is 9.64. The first-order valence-corrected chi connectivity index (χ1v) is 10.4. The van der Waals surface area contributed by atoms with Gasteiger partial charge in [0.2, 0.25) is 0 Å². The second-order valence-corrected chi connectivity index (χ2v) is 7.55. The summed E-state index contributed by atoms with van der Waals surface area (Å²) in [4.78, 5) is 24.4. The van der Waals surface area contributed by atoms with E-state index < -0.39 is 11.8 Å². The van der Waals surface area contributed by atoms with Gasteiger partial charge in [-0.25, -0.2) is 0 Å². The highest BCUT2D eigenvalue weighted by Gasteiger charge is 2.11. The molecule has 2 amide bonds. The van der Waals surface area contributed by atoms with Crippen molar-refractivity contribution in [1.29, 1.82) is 0 Å². The molecule has 0 aliphatic heterocycles. The highest BCUT2D eigenvalue weighted by molar-refractivity contribution is 9.10. The predicted molar refractivity (Wildman–Crippen MR) is 120 cm³/mol. The second-order valence-electron chi connectivity index (χ2n) is 6.75. The largest absolute Gasteiger partial charge is 0.491 e. The molecule has 0 fully saturated rings. The third-order valence-electron chi connectivity index (χ3n) is 4.51. The molecule has 0 radical (unpaired) electrons. The topological polar surface area (TPSA) is 76.7 Å². The van der Waals surface area contributed by atoms with E-state index >= 15 is 0 Å². The molecule has 1 atom stereocenters. The molecule has 0 saturated heterocycles. The lowest BCUT2D eigenvalue weighted by Gasteiger charge is -2.14. The van der Waals surface area contributed by atoms with Crippen LogP contribution < -0.4 is 20.3 Å². The van der Waals surface area contributed by atoms with Crippen molar-refractivity contribution in [1.82, 2.24) is 10.9 Å². The quantitative estimate of drug-likeness (QED) is 0.493. The summed E-state index contributed by atoms with van der Waals surface area (Å²) in [7, 11) is 0. The Kier molecular flexibility index (Phi) is 7.30. The molecule has 0 bridgehead atoms. The van der Waals surface area contributed by atoms with Crippen molar-refractivity contribution < 1.29 is 19.1 Å². The lowest BCUT2D eigenvalue weighted by molar-refractivity contribution is -0.123. The zero-order valence-electron chi connectivity index (χ0n) is 16.8. The second kappa shape index (κ2) is 10.1. The van der Waals surface area contributed by atoms with E-state index in [0.29, 0.717) is 17.1 Å². The van der Waals surface area contributed by atoms with Crippen LogP contribution in [0.15, 0.2) is 65.1 Å². The third kappa shape index (κ3) is 5.51. The number of fused-ring (bicyclic) bond motifs is 1. The molecule has 3 rings (SSSR count). The number of carbonyl (C=O) groups is 2. The van der Waals surface area contributed by atoms with Crippen molar-refractivity contribution >= 4 is 38.5 Å². The summed E-state index contributed by atoms with van der Waals surface area (Å²) in [5, 5.41) is 2.05. The summed E-state index contributed by atoms with van der Waals surface area (Å²) in [6, 6.07) is 18.4. The van der Waals surface area contributed by atoms with Crippen LogP contribution in [-0.4, -0.2) is 24.5 Å². The molecule has 0 aliphatic carbocycles. The van der Waals surface area contributed by atoms with Crippen molar-refractivity contribution in [3.63, 3.8) is 0 Å². The molecule has 2 N–H and O–H groups in total. The number of hydrogen-bond acceptors (Lipinski definition) is 4. The molecule has 1 unspecified atom stereocenters. The van der Waals surface area contributed by atoms with Crippen molar-refractivity contribution in [3.8, 4) is 11.5 Å². The Morgan fingerprint density at radius 1 is 1.03 bits per heavy atom. The number of hydrogen-bond donors (Lipinski definition) is 2. The maximum absolute atomic E-state index is 12.3. The van der Waals surface area contributed by atoms with Gasteiger partial charge in [0.25, 0.3) is 11.8 Å². The van der Waals surface area contributed by atoms with Gasteiger partial charge in [-0.2, -0.15) is 0 Å². The van der Waals surface area contributed by atoms with Crippen LogP contribution in [0.5, 0.6) is 11.5 Å². The Morgan fingerprint density at radius 2 is 1.83 bits per heavy atom. The highest BCUT2D eigenvalue weighted by atomic mass is 79.9. The minimum Gasteiger partial charge on any atom is -0.491 e. The Bertz CT molecular complexity index is 1050. The molecule has 0 saturated carbocycles. The van der Waals surface area contributed by atoms with Gasteiger partial charge in [-0.15, -0.1) is 0 Å². The van der Waals surface area contributed by atoms with Crippen LogP contribution in [0.4, 0.5) is 0 Å². The van der Waals surface area contributed by atoms with E-state index in [-0.39, 0.29) is 12.7 Å². The summed E-state index contributed by atoms with van der Waals surface area (Å²) < 4.78 is 12.1. The normalized spacial score (nSPS) is 11.6. The minimum absolute atomic E-state index is 0.0505. The van der Waals surface area contributed by atoms with Gasteiger partial charge < -0.3 is 9.47 Å². The molecule has 3 aromatic rings. The van der Waals surface area contributed by atoms with Gasteiger partial charge >= 0.3 is 0 Å². The molecule has 0 aromatic heterocycles. The number of hydrazine groups is 1. The van der Waals surface area contributed by atoms with E-state index in [1.165, 1.54) is 0 Å². The standard InChI is InChI=1S/C23H23BrN2O4/c1-3-15(2)30-18-9-6-8-17(13-18)23(28)26-25-21(27)14-29-20-12-11-16-7-4-5-10-19(16)22(20)24/h4-13,15H,3,14H2,1-2H3,(H,25,27)(H,26,28). The predicted octanol–water partition coefficient (Wildman–Crippen LogP) is 4.62. The summed E-state index contributed by atoms with van der Waals surface area (Å²) in [5.41, 5.74) is 5.13. The van der Waals surface area contributed by atoms with Crippen LogP contribution in [0, 0.1) is 0 Å². The van der Waals surface area contributed by atoms with Crippen LogP contribution in [0.25, 0.3) is 10.8 Å². The van der Waals surface area contributed by atoms with Crippen molar-refractivity contribution in [2.45, 2.75) is 26.4 Å². The number of rotatable bonds is 7. The van der Waals surface area contributed by atoms with E-state index in [0.717, 1.165) is 21.7 Å². The molecule has 0 spiro atoms. The van der Waals surface area contributed by atoms with Gasteiger partial charge in [-0.1, -0.05) is 43.3 Å². The van der Waals surface area contributed by atoms with Crippen LogP contribution in [-0.2, 0) is 4.79 Å². The summed E-state index contributed by atoms with van der Waals surface area (Å²) in [6.45, 7) is 3.74. The van der Waals surface area contributed by atoms with Crippen molar-refractivity contribution in [3.05, 3.63) is 70.7 Å². The SMILES string of the molecule is CCC(C)Oc1cccc(C(=O)NNC(=O)COc2ccc3ccccc3c2Br)c1. The Balaban J connectivity index is 1.53. The van der Waals surface area contributed by atoms with Crippen molar-refractivity contribution in [2.75, 3.05) is 6.61 Å². The number of benzene rings is 3. The van der Waals surface area contributed by atoms with Crippen molar-refractivity contribution in [2.24, 2.45) is 0 Å². The van der Waals surface area contributed by atoms with Gasteiger partial charge in [0.15, 0.2) is 6.61 Å². The van der Waals surface area contributed by atoms with E-state index in [9.17, 15) is 9.59 Å². The number of ether oxygens (including phenoxy) is 2. The number of amides is 2. The number of carbonyl (C=O) groups excluding carboxylic acids is 2. The van der Waals surface area contributed by atoms with Gasteiger partial charge in [-0.05, 0) is 64.3 Å². The third-order valence-corrected chi connectivity index (χ3v) is 5.33. The average molecular weight is 471 g/mol. The number of halogens is 1. The molecular weight excluding hydrogens is 448 g/mol. The molecule has 6 nitrogen and oxygen atoms in total. The molecule has 3 aromatic carbocycles. The smallest absolute Gasteiger partial charge is 0.276 e. The fraction of sp³-hybridized carbons (Fsp3) is 0.217. The fourth-order valence-electron chi connectivity index (χ4n) is 2.73. The van der Waals surface area contributed by atoms with Gasteiger partial charge in [0.1, 0.15) is 11.5 Å². The van der Waals surface area contributed by atoms with E-state index in [2.05, 4.69) is 26.8 Å². The molecule has 0 heterocycles. The summed E-state index contributed by atoms with van der Waals surface area (Å²) >= 11 is 3.52.